The Morgan fingerprint density at radius 3 is 2.73 bits per heavy atom. The Balaban J connectivity index is 1.96. The van der Waals surface area contributed by atoms with Gasteiger partial charge in [-0.05, 0) is 19.4 Å². The van der Waals surface area contributed by atoms with Gasteiger partial charge in [-0.15, -0.1) is 0 Å². The Kier molecular flexibility index (Phi) is 4.50. The second-order valence-electron chi connectivity index (χ2n) is 2.83. The minimum atomic E-state index is 0.895. The lowest BCUT2D eigenvalue weighted by Gasteiger charge is -2.26. The first-order valence-corrected chi connectivity index (χ1v) is 4.27. The van der Waals surface area contributed by atoms with Crippen molar-refractivity contribution >= 4 is 0 Å². The van der Waals surface area contributed by atoms with Gasteiger partial charge >= 0.3 is 0 Å². The van der Waals surface area contributed by atoms with E-state index < -0.39 is 0 Å². The summed E-state index contributed by atoms with van der Waals surface area (Å²) in [5.41, 5.74) is 5.28. The SMILES string of the molecule is N[CH]CCCN1CCOCC1. The van der Waals surface area contributed by atoms with Gasteiger partial charge in [0.05, 0.1) is 13.2 Å². The molecule has 0 amide bonds. The molecule has 1 heterocycles. The van der Waals surface area contributed by atoms with Gasteiger partial charge in [-0.2, -0.15) is 0 Å². The lowest BCUT2D eigenvalue weighted by atomic mass is 10.3. The number of nitrogens with two attached hydrogens (primary N) is 1. The molecule has 1 rings (SSSR count). The highest BCUT2D eigenvalue weighted by molar-refractivity contribution is 4.63. The summed E-state index contributed by atoms with van der Waals surface area (Å²) < 4.78 is 5.23. The van der Waals surface area contributed by atoms with E-state index in [9.17, 15) is 0 Å². The third kappa shape index (κ3) is 3.70. The number of morpholine rings is 1. The molecule has 0 saturated carbocycles. The molecule has 2 N–H and O–H groups in total. The molecule has 0 atom stereocenters. The summed E-state index contributed by atoms with van der Waals surface area (Å²) in [4.78, 5) is 2.42. The fraction of sp³-hybridized carbons (Fsp3) is 0.875. The maximum atomic E-state index is 5.28. The van der Waals surface area contributed by atoms with Gasteiger partial charge in [0.25, 0.3) is 0 Å². The molecular weight excluding hydrogens is 140 g/mol. The summed E-state index contributed by atoms with van der Waals surface area (Å²) in [6.45, 7) is 6.87. The second kappa shape index (κ2) is 5.52. The molecule has 0 spiro atoms. The molecule has 1 aliphatic heterocycles. The van der Waals surface area contributed by atoms with Crippen molar-refractivity contribution in [3.05, 3.63) is 6.54 Å². The van der Waals surface area contributed by atoms with Crippen LogP contribution in [0.25, 0.3) is 0 Å². The monoisotopic (exact) mass is 157 g/mol. The van der Waals surface area contributed by atoms with Crippen molar-refractivity contribution in [1.29, 1.82) is 0 Å². The molecule has 3 nitrogen and oxygen atoms in total. The van der Waals surface area contributed by atoms with E-state index >= 15 is 0 Å². The maximum Gasteiger partial charge on any atom is 0.0594 e. The van der Waals surface area contributed by atoms with Gasteiger partial charge in [0, 0.05) is 19.6 Å². The zero-order valence-electron chi connectivity index (χ0n) is 6.96. The number of hydrogen-bond donors (Lipinski definition) is 1. The van der Waals surface area contributed by atoms with E-state index in [4.69, 9.17) is 10.5 Å². The van der Waals surface area contributed by atoms with Crippen LogP contribution in [0.5, 0.6) is 0 Å². The molecule has 11 heavy (non-hydrogen) atoms. The van der Waals surface area contributed by atoms with E-state index in [1.165, 1.54) is 6.42 Å². The van der Waals surface area contributed by atoms with Crippen LogP contribution in [0.3, 0.4) is 0 Å². The minimum absolute atomic E-state index is 0.895. The predicted octanol–water partition coefficient (Wildman–Crippen LogP) is 0.219. The maximum absolute atomic E-state index is 5.28. The van der Waals surface area contributed by atoms with Crippen LogP contribution in [0.4, 0.5) is 0 Å². The fourth-order valence-corrected chi connectivity index (χ4v) is 1.26. The molecule has 0 aliphatic carbocycles. The molecule has 1 radical (unpaired) electrons. The Labute approximate surface area is 68.5 Å². The van der Waals surface area contributed by atoms with E-state index in [0.29, 0.717) is 0 Å². The smallest absolute Gasteiger partial charge is 0.0594 e. The van der Waals surface area contributed by atoms with Gasteiger partial charge < -0.3 is 10.5 Å². The number of unbranched alkanes of at least 4 members (excludes halogenated alkanes) is 1. The molecular formula is C8H17N2O. The van der Waals surface area contributed by atoms with Crippen molar-refractivity contribution in [3.8, 4) is 0 Å². The first kappa shape index (κ1) is 8.97. The van der Waals surface area contributed by atoms with Crippen molar-refractivity contribution in [2.24, 2.45) is 5.73 Å². The van der Waals surface area contributed by atoms with Crippen LogP contribution in [0.15, 0.2) is 0 Å². The molecule has 1 aliphatic rings. The Hall–Kier alpha value is -0.120. The predicted molar refractivity (Wildman–Crippen MR) is 45.0 cm³/mol. The molecule has 65 valence electrons. The standard InChI is InChI=1S/C8H17N2O/c9-3-1-2-4-10-5-7-11-8-6-10/h3H,1-2,4-9H2. The highest BCUT2D eigenvalue weighted by Gasteiger charge is 2.08. The quantitative estimate of drug-likeness (QED) is 0.593. The van der Waals surface area contributed by atoms with E-state index in [-0.39, 0.29) is 0 Å². The van der Waals surface area contributed by atoms with E-state index in [2.05, 4.69) is 4.90 Å². The van der Waals surface area contributed by atoms with Crippen molar-refractivity contribution in [2.45, 2.75) is 12.8 Å². The van der Waals surface area contributed by atoms with Crippen LogP contribution in [0.1, 0.15) is 12.8 Å². The molecule has 0 aromatic heterocycles. The molecule has 1 fully saturated rings. The van der Waals surface area contributed by atoms with Gasteiger partial charge in [-0.1, -0.05) is 0 Å². The average molecular weight is 157 g/mol. The number of rotatable bonds is 4. The topological polar surface area (TPSA) is 38.5 Å². The lowest BCUT2D eigenvalue weighted by molar-refractivity contribution is 0.0374. The van der Waals surface area contributed by atoms with E-state index in [1.807, 2.05) is 0 Å². The molecule has 1 saturated heterocycles. The van der Waals surface area contributed by atoms with Gasteiger partial charge in [-0.25, -0.2) is 0 Å². The normalized spacial score (nSPS) is 20.5. The Bertz CT molecular complexity index is 92.1. The van der Waals surface area contributed by atoms with Crippen LogP contribution in [0, 0.1) is 6.54 Å². The van der Waals surface area contributed by atoms with Gasteiger partial charge in [0.1, 0.15) is 0 Å². The molecule has 0 unspecified atom stereocenters. The summed E-state index contributed by atoms with van der Waals surface area (Å²) in [5, 5.41) is 0. The molecule has 0 bridgehead atoms. The van der Waals surface area contributed by atoms with E-state index in [1.54, 1.807) is 6.54 Å². The van der Waals surface area contributed by atoms with E-state index in [0.717, 1.165) is 39.3 Å². The first-order valence-electron chi connectivity index (χ1n) is 4.27. The van der Waals surface area contributed by atoms with Crippen LogP contribution in [-0.2, 0) is 4.74 Å². The summed E-state index contributed by atoms with van der Waals surface area (Å²) >= 11 is 0. The molecule has 0 aromatic rings. The highest BCUT2D eigenvalue weighted by atomic mass is 16.5. The van der Waals surface area contributed by atoms with Crippen molar-refractivity contribution < 1.29 is 4.74 Å². The largest absolute Gasteiger partial charge is 0.379 e. The third-order valence-corrected chi connectivity index (χ3v) is 1.95. The van der Waals surface area contributed by atoms with Gasteiger partial charge in [0.15, 0.2) is 0 Å². The average Bonchev–Trinajstić information content (AvgIpc) is 2.07. The number of hydrogen-bond acceptors (Lipinski definition) is 3. The highest BCUT2D eigenvalue weighted by Crippen LogP contribution is 1.99. The summed E-state index contributed by atoms with van der Waals surface area (Å²) in [6, 6.07) is 0. The number of nitrogens with zero attached hydrogens (tertiary/aromatic N) is 1. The minimum Gasteiger partial charge on any atom is -0.379 e. The molecule has 3 heteroatoms. The van der Waals surface area contributed by atoms with Crippen molar-refractivity contribution in [2.75, 3.05) is 32.8 Å². The second-order valence-corrected chi connectivity index (χ2v) is 2.83. The summed E-state index contributed by atoms with van der Waals surface area (Å²) in [6.07, 6.45) is 2.20. The van der Waals surface area contributed by atoms with Crippen LogP contribution in [-0.4, -0.2) is 37.7 Å². The number of ether oxygens (including phenoxy) is 1. The molecule has 0 aromatic carbocycles. The first-order chi connectivity index (χ1) is 5.43. The van der Waals surface area contributed by atoms with Crippen molar-refractivity contribution in [1.82, 2.24) is 4.90 Å². The summed E-state index contributed by atoms with van der Waals surface area (Å²) in [5.74, 6) is 0. The lowest BCUT2D eigenvalue weighted by Crippen LogP contribution is -2.36. The fourth-order valence-electron chi connectivity index (χ4n) is 1.26. The van der Waals surface area contributed by atoms with Crippen LogP contribution >= 0.6 is 0 Å². The summed E-state index contributed by atoms with van der Waals surface area (Å²) in [7, 11) is 0. The van der Waals surface area contributed by atoms with Crippen LogP contribution < -0.4 is 5.73 Å². The zero-order valence-corrected chi connectivity index (χ0v) is 6.96. The Morgan fingerprint density at radius 2 is 2.09 bits per heavy atom. The third-order valence-electron chi connectivity index (χ3n) is 1.95. The van der Waals surface area contributed by atoms with Crippen LogP contribution in [0.2, 0.25) is 0 Å². The van der Waals surface area contributed by atoms with Gasteiger partial charge in [-0.3, -0.25) is 4.90 Å². The van der Waals surface area contributed by atoms with Crippen molar-refractivity contribution in [3.63, 3.8) is 0 Å². The Morgan fingerprint density at radius 1 is 1.36 bits per heavy atom. The zero-order chi connectivity index (χ0) is 7.94. The van der Waals surface area contributed by atoms with Gasteiger partial charge in [0.2, 0.25) is 0 Å².